The van der Waals surface area contributed by atoms with Crippen molar-refractivity contribution in [3.63, 3.8) is 0 Å². The van der Waals surface area contributed by atoms with Gasteiger partial charge in [-0.1, -0.05) is 6.07 Å². The molecule has 0 radical (unpaired) electrons. The number of pyridine rings is 1. The molecule has 1 aliphatic carbocycles. The van der Waals surface area contributed by atoms with Crippen LogP contribution >= 0.6 is 0 Å². The molecule has 0 atom stereocenters. The number of carbonyl (C=O) groups excluding carboxylic acids is 1. The van der Waals surface area contributed by atoms with E-state index in [0.29, 0.717) is 11.4 Å². The van der Waals surface area contributed by atoms with Gasteiger partial charge in [-0.2, -0.15) is 5.10 Å². The van der Waals surface area contributed by atoms with E-state index in [1.807, 2.05) is 35.3 Å². The van der Waals surface area contributed by atoms with E-state index in [9.17, 15) is 18.0 Å². The molecule has 1 fully saturated rings. The second-order valence-electron chi connectivity index (χ2n) is 10.6. The van der Waals surface area contributed by atoms with Gasteiger partial charge in [-0.05, 0) is 44.4 Å². The number of aromatic amines is 1. The summed E-state index contributed by atoms with van der Waals surface area (Å²) < 4.78 is 45.3. The topological polar surface area (TPSA) is 93.4 Å². The fourth-order valence-corrected chi connectivity index (χ4v) is 5.13. The van der Waals surface area contributed by atoms with Crippen molar-refractivity contribution in [2.75, 3.05) is 5.32 Å². The number of halogens is 3. The lowest BCUT2D eigenvalue weighted by atomic mass is 9.84. The van der Waals surface area contributed by atoms with Gasteiger partial charge in [-0.15, -0.1) is 0 Å². The van der Waals surface area contributed by atoms with Gasteiger partial charge in [0.1, 0.15) is 17.8 Å². The number of alkyl halides is 2. The van der Waals surface area contributed by atoms with E-state index < -0.39 is 17.6 Å². The summed E-state index contributed by atoms with van der Waals surface area (Å²) in [5.41, 5.74) is 4.13. The van der Waals surface area contributed by atoms with Crippen LogP contribution in [0.25, 0.3) is 27.7 Å². The number of hydrogen-bond donors (Lipinski definition) is 2. The van der Waals surface area contributed by atoms with Crippen LogP contribution in [-0.2, 0) is 0 Å². The first-order chi connectivity index (χ1) is 19.2. The summed E-state index contributed by atoms with van der Waals surface area (Å²) in [6, 6.07) is 7.48. The van der Waals surface area contributed by atoms with Crippen LogP contribution in [0.15, 0.2) is 61.6 Å². The first-order valence-electron chi connectivity index (χ1n) is 13.2. The molecular formula is C29H28F3N7O. The van der Waals surface area contributed by atoms with Crippen molar-refractivity contribution in [2.45, 2.75) is 57.4 Å². The number of carbonyl (C=O) groups is 1. The molecule has 2 N–H and O–H groups in total. The van der Waals surface area contributed by atoms with Gasteiger partial charge >= 0.3 is 0 Å². The van der Waals surface area contributed by atoms with Crippen molar-refractivity contribution < 1.29 is 18.0 Å². The van der Waals surface area contributed by atoms with Crippen LogP contribution in [0.3, 0.4) is 0 Å². The van der Waals surface area contributed by atoms with Crippen LogP contribution in [0.5, 0.6) is 0 Å². The molecule has 11 heteroatoms. The van der Waals surface area contributed by atoms with Crippen LogP contribution in [-0.4, -0.2) is 41.1 Å². The van der Waals surface area contributed by atoms with Gasteiger partial charge in [0.2, 0.25) is 5.92 Å². The Morgan fingerprint density at radius 3 is 2.62 bits per heavy atom. The first-order valence-corrected chi connectivity index (χ1v) is 13.2. The molecular weight excluding hydrogens is 519 g/mol. The molecule has 4 heterocycles. The number of nitrogens with one attached hydrogen (secondary N) is 2. The molecule has 1 saturated carbocycles. The van der Waals surface area contributed by atoms with Gasteiger partial charge in [-0.25, -0.2) is 18.2 Å². The lowest BCUT2D eigenvalue weighted by molar-refractivity contribution is -0.0387. The van der Waals surface area contributed by atoms with Crippen molar-refractivity contribution in [3.8, 4) is 16.8 Å². The van der Waals surface area contributed by atoms with Gasteiger partial charge < -0.3 is 14.9 Å². The van der Waals surface area contributed by atoms with Crippen LogP contribution < -0.4 is 5.32 Å². The Bertz CT molecular complexity index is 1690. The Morgan fingerprint density at radius 2 is 1.90 bits per heavy atom. The largest absolute Gasteiger partial charge is 0.359 e. The molecule has 0 bridgehead atoms. The number of rotatable bonds is 6. The first kappa shape index (κ1) is 25.8. The molecule has 0 spiro atoms. The predicted octanol–water partition coefficient (Wildman–Crippen LogP) is 6.88. The molecule has 0 unspecified atom stereocenters. The summed E-state index contributed by atoms with van der Waals surface area (Å²) >= 11 is 0. The Kier molecular flexibility index (Phi) is 6.44. The molecule has 8 nitrogen and oxygen atoms in total. The molecule has 0 aliphatic heterocycles. The zero-order chi connectivity index (χ0) is 28.0. The number of nitrogens with zero attached hydrogens (tertiary/aromatic N) is 5. The Balaban J connectivity index is 1.18. The van der Waals surface area contributed by atoms with E-state index in [4.69, 9.17) is 0 Å². The fourth-order valence-electron chi connectivity index (χ4n) is 5.13. The fraction of sp³-hybridized carbons (Fsp3) is 0.310. The maximum Gasteiger partial charge on any atom is 0.275 e. The van der Waals surface area contributed by atoms with E-state index in [2.05, 4.69) is 39.2 Å². The summed E-state index contributed by atoms with van der Waals surface area (Å²) in [6.45, 7) is 4.12. The molecule has 1 aliphatic rings. The summed E-state index contributed by atoms with van der Waals surface area (Å²) in [5.74, 6) is -4.00. The van der Waals surface area contributed by atoms with Crippen LogP contribution in [0.4, 0.5) is 18.9 Å². The van der Waals surface area contributed by atoms with E-state index in [0.717, 1.165) is 22.0 Å². The predicted molar refractivity (Wildman–Crippen MR) is 145 cm³/mol. The van der Waals surface area contributed by atoms with Gasteiger partial charge in [0.25, 0.3) is 5.91 Å². The summed E-state index contributed by atoms with van der Waals surface area (Å²) in [6.07, 6.45) is 9.77. The minimum absolute atomic E-state index is 0.141. The van der Waals surface area contributed by atoms with Crippen molar-refractivity contribution >= 4 is 22.5 Å². The summed E-state index contributed by atoms with van der Waals surface area (Å²) in [4.78, 5) is 24.6. The van der Waals surface area contributed by atoms with Crippen LogP contribution in [0.2, 0.25) is 0 Å². The second-order valence-corrected chi connectivity index (χ2v) is 10.6. The molecule has 4 aromatic heterocycles. The third-order valence-electron chi connectivity index (χ3n) is 7.47. The van der Waals surface area contributed by atoms with E-state index in [1.165, 1.54) is 29.4 Å². The van der Waals surface area contributed by atoms with Crippen molar-refractivity contribution in [1.82, 2.24) is 29.3 Å². The molecule has 0 saturated heterocycles. The SMILES string of the molecule is CC(C)n1cc(-c2ccc3[nH]cc(NC(=O)c4cn(-c5cnc(C6CCC(F)(F)CC6)c(F)c5)cn4)c3c2)cn1. The van der Waals surface area contributed by atoms with Gasteiger partial charge in [0.05, 0.1) is 29.5 Å². The normalized spacial score (nSPS) is 15.7. The highest BCUT2D eigenvalue weighted by Crippen LogP contribution is 2.41. The highest BCUT2D eigenvalue weighted by molar-refractivity contribution is 6.08. The van der Waals surface area contributed by atoms with E-state index >= 15 is 0 Å². The van der Waals surface area contributed by atoms with E-state index in [1.54, 1.807) is 6.20 Å². The number of aromatic nitrogens is 6. The monoisotopic (exact) mass is 547 g/mol. The number of imidazole rings is 1. The van der Waals surface area contributed by atoms with Crippen molar-refractivity contribution in [2.24, 2.45) is 0 Å². The number of hydrogen-bond acceptors (Lipinski definition) is 4. The molecule has 40 heavy (non-hydrogen) atoms. The lowest BCUT2D eigenvalue weighted by Crippen LogP contribution is -2.24. The standard InChI is InChI=1S/C29H28F3N7O/c1-17(2)39-14-20(11-36-39)19-3-4-24-22(9-19)25(13-33-24)37-28(40)26-15-38(16-35-26)21-10-23(30)27(34-12-21)18-5-7-29(31,32)8-6-18/h3-4,9-18,33H,5-8H2,1-2H3,(H,37,40). The molecule has 5 aromatic rings. The number of amides is 1. The number of anilines is 1. The third-order valence-corrected chi connectivity index (χ3v) is 7.47. The maximum atomic E-state index is 14.9. The van der Waals surface area contributed by atoms with Crippen LogP contribution in [0, 0.1) is 5.82 Å². The molecule has 6 rings (SSSR count). The number of H-pyrrole nitrogens is 1. The highest BCUT2D eigenvalue weighted by atomic mass is 19.3. The minimum atomic E-state index is -2.69. The van der Waals surface area contributed by atoms with Crippen molar-refractivity contribution in [3.05, 3.63) is 78.8 Å². The van der Waals surface area contributed by atoms with Gasteiger partial charge in [0, 0.05) is 65.9 Å². The summed E-state index contributed by atoms with van der Waals surface area (Å²) in [5, 5.41) is 8.15. The number of benzene rings is 1. The highest BCUT2D eigenvalue weighted by Gasteiger charge is 2.36. The average Bonchev–Trinajstić information content (AvgIpc) is 3.69. The molecule has 1 aromatic carbocycles. The zero-order valence-corrected chi connectivity index (χ0v) is 22.0. The van der Waals surface area contributed by atoms with Crippen molar-refractivity contribution in [1.29, 1.82) is 0 Å². The minimum Gasteiger partial charge on any atom is -0.359 e. The Labute approximate surface area is 228 Å². The molecule has 1 amide bonds. The average molecular weight is 548 g/mol. The lowest BCUT2D eigenvalue weighted by Gasteiger charge is -2.28. The zero-order valence-electron chi connectivity index (χ0n) is 22.0. The Morgan fingerprint density at radius 1 is 1.10 bits per heavy atom. The summed E-state index contributed by atoms with van der Waals surface area (Å²) in [7, 11) is 0. The quantitative estimate of drug-likeness (QED) is 0.242. The third kappa shape index (κ3) is 4.99. The second kappa shape index (κ2) is 9.96. The maximum absolute atomic E-state index is 14.9. The van der Waals surface area contributed by atoms with Gasteiger partial charge in [0.15, 0.2) is 0 Å². The smallest absolute Gasteiger partial charge is 0.275 e. The molecule has 206 valence electrons. The van der Waals surface area contributed by atoms with E-state index in [-0.39, 0.29) is 49.0 Å². The van der Waals surface area contributed by atoms with Crippen LogP contribution in [0.1, 0.15) is 67.7 Å². The number of fused-ring (bicyclic) bond motifs is 1. The Hall–Kier alpha value is -4.41. The van der Waals surface area contributed by atoms with Gasteiger partial charge in [-0.3, -0.25) is 14.5 Å².